The third-order valence-electron chi connectivity index (χ3n) is 6.76. The highest BCUT2D eigenvalue weighted by Crippen LogP contribution is 2.30. The molecule has 8 heteroatoms. The van der Waals surface area contributed by atoms with Crippen molar-refractivity contribution >= 4 is 23.6 Å². The molecular formula is C29H31N3O5. The first-order chi connectivity index (χ1) is 17.9. The van der Waals surface area contributed by atoms with Gasteiger partial charge in [0, 0.05) is 18.7 Å². The van der Waals surface area contributed by atoms with E-state index in [-0.39, 0.29) is 18.9 Å². The number of ether oxygens (including phenoxy) is 1. The van der Waals surface area contributed by atoms with Gasteiger partial charge < -0.3 is 20.5 Å². The second kappa shape index (κ2) is 11.6. The van der Waals surface area contributed by atoms with Crippen LogP contribution >= 0.6 is 0 Å². The van der Waals surface area contributed by atoms with Crippen molar-refractivity contribution in [2.24, 2.45) is 5.73 Å². The second-order valence-electron chi connectivity index (χ2n) is 9.14. The van der Waals surface area contributed by atoms with Crippen molar-refractivity contribution in [1.29, 1.82) is 0 Å². The summed E-state index contributed by atoms with van der Waals surface area (Å²) in [5.41, 5.74) is 9.31. The number of carboxylic acids is 1. The van der Waals surface area contributed by atoms with Crippen LogP contribution in [-0.2, 0) is 29.0 Å². The van der Waals surface area contributed by atoms with Crippen molar-refractivity contribution in [3.8, 4) is 5.75 Å². The molecule has 192 valence electrons. The van der Waals surface area contributed by atoms with E-state index in [1.54, 1.807) is 29.2 Å². The second-order valence-corrected chi connectivity index (χ2v) is 9.14. The van der Waals surface area contributed by atoms with Gasteiger partial charge in [0.1, 0.15) is 11.8 Å². The molecule has 0 spiro atoms. The zero-order valence-corrected chi connectivity index (χ0v) is 20.7. The van der Waals surface area contributed by atoms with E-state index in [2.05, 4.69) is 0 Å². The summed E-state index contributed by atoms with van der Waals surface area (Å²) in [6.07, 6.45) is 1.07. The van der Waals surface area contributed by atoms with Crippen LogP contribution in [-0.4, -0.2) is 47.1 Å². The third kappa shape index (κ3) is 6.09. The van der Waals surface area contributed by atoms with Gasteiger partial charge in [-0.05, 0) is 48.1 Å². The van der Waals surface area contributed by atoms with Crippen LogP contribution in [0.2, 0.25) is 0 Å². The van der Waals surface area contributed by atoms with Crippen LogP contribution in [0.25, 0.3) is 0 Å². The maximum Gasteiger partial charge on any atom is 0.320 e. The van der Waals surface area contributed by atoms with Crippen molar-refractivity contribution in [2.75, 3.05) is 12.0 Å². The lowest BCUT2D eigenvalue weighted by molar-refractivity contribution is -0.142. The Labute approximate surface area is 216 Å². The van der Waals surface area contributed by atoms with Gasteiger partial charge in [-0.3, -0.25) is 14.5 Å². The zero-order valence-electron chi connectivity index (χ0n) is 20.7. The maximum absolute atomic E-state index is 14.2. The number of carbonyl (C=O) groups is 3. The molecule has 0 saturated heterocycles. The first kappa shape index (κ1) is 25.8. The lowest BCUT2D eigenvalue weighted by atomic mass is 9.91. The molecule has 1 aliphatic heterocycles. The van der Waals surface area contributed by atoms with Crippen molar-refractivity contribution in [2.45, 2.75) is 44.3 Å². The number of hydrogen-bond acceptors (Lipinski definition) is 4. The summed E-state index contributed by atoms with van der Waals surface area (Å²) in [6, 6.07) is 22.0. The molecule has 1 aliphatic rings. The summed E-state index contributed by atoms with van der Waals surface area (Å²) in [4.78, 5) is 41.7. The number of rotatable bonds is 9. The van der Waals surface area contributed by atoms with E-state index in [9.17, 15) is 19.5 Å². The van der Waals surface area contributed by atoms with Crippen LogP contribution in [0.5, 0.6) is 5.75 Å². The van der Waals surface area contributed by atoms with E-state index in [0.717, 1.165) is 16.7 Å². The molecule has 0 aliphatic carbocycles. The van der Waals surface area contributed by atoms with E-state index >= 15 is 0 Å². The van der Waals surface area contributed by atoms with Crippen molar-refractivity contribution in [1.82, 2.24) is 4.90 Å². The molecule has 8 nitrogen and oxygen atoms in total. The number of amides is 3. The molecule has 3 aromatic rings. The average molecular weight is 502 g/mol. The summed E-state index contributed by atoms with van der Waals surface area (Å²) in [6.45, 7) is 0.263. The first-order valence-electron chi connectivity index (χ1n) is 12.2. The highest BCUT2D eigenvalue weighted by atomic mass is 16.5. The van der Waals surface area contributed by atoms with Crippen LogP contribution in [0.15, 0.2) is 78.9 Å². The third-order valence-corrected chi connectivity index (χ3v) is 6.76. The minimum atomic E-state index is -0.984. The topological polar surface area (TPSA) is 113 Å². The molecule has 3 amide bonds. The monoisotopic (exact) mass is 501 g/mol. The fourth-order valence-corrected chi connectivity index (χ4v) is 4.95. The first-order valence-corrected chi connectivity index (χ1v) is 12.2. The van der Waals surface area contributed by atoms with Crippen LogP contribution in [0.1, 0.15) is 29.5 Å². The van der Waals surface area contributed by atoms with Gasteiger partial charge in [-0.25, -0.2) is 4.79 Å². The normalized spacial score (nSPS) is 15.4. The Morgan fingerprint density at radius 3 is 2.41 bits per heavy atom. The number of carbonyl (C=O) groups excluding carboxylic acids is 2. The Morgan fingerprint density at radius 2 is 1.73 bits per heavy atom. The number of primary amides is 1. The Hall–Kier alpha value is -4.33. The van der Waals surface area contributed by atoms with E-state index in [1.807, 2.05) is 54.6 Å². The molecule has 0 unspecified atom stereocenters. The van der Waals surface area contributed by atoms with Crippen molar-refractivity contribution in [3.63, 3.8) is 0 Å². The van der Waals surface area contributed by atoms with Crippen molar-refractivity contribution in [3.05, 3.63) is 95.6 Å². The molecule has 0 fully saturated rings. The summed E-state index contributed by atoms with van der Waals surface area (Å²) >= 11 is 0. The van der Waals surface area contributed by atoms with Gasteiger partial charge >= 0.3 is 12.0 Å². The quantitative estimate of drug-likeness (QED) is 0.460. The number of benzene rings is 3. The van der Waals surface area contributed by atoms with Crippen LogP contribution < -0.4 is 15.4 Å². The fourth-order valence-electron chi connectivity index (χ4n) is 4.95. The Bertz CT molecular complexity index is 1260. The average Bonchev–Trinajstić information content (AvgIpc) is 2.90. The largest absolute Gasteiger partial charge is 0.497 e. The molecule has 37 heavy (non-hydrogen) atoms. The summed E-state index contributed by atoms with van der Waals surface area (Å²) in [5, 5.41) is 9.60. The Morgan fingerprint density at radius 1 is 1.03 bits per heavy atom. The number of aliphatic carboxylic acids is 1. The van der Waals surface area contributed by atoms with E-state index < -0.39 is 24.1 Å². The number of anilines is 1. The number of methoxy groups -OCH3 is 1. The lowest BCUT2D eigenvalue weighted by Gasteiger charge is -2.40. The lowest BCUT2D eigenvalue weighted by Crippen LogP contribution is -2.56. The molecule has 3 aromatic carbocycles. The van der Waals surface area contributed by atoms with Gasteiger partial charge in [-0.2, -0.15) is 0 Å². The number of nitrogens with two attached hydrogens (primary N) is 1. The van der Waals surface area contributed by atoms with Crippen LogP contribution in [0, 0.1) is 0 Å². The number of carboxylic acid groups (broad SMARTS) is 1. The van der Waals surface area contributed by atoms with Gasteiger partial charge in [0.2, 0.25) is 5.91 Å². The smallest absolute Gasteiger partial charge is 0.320 e. The van der Waals surface area contributed by atoms with Crippen molar-refractivity contribution < 1.29 is 24.2 Å². The minimum absolute atomic E-state index is 0.193. The van der Waals surface area contributed by atoms with Gasteiger partial charge in [0.15, 0.2) is 0 Å². The predicted octanol–water partition coefficient (Wildman–Crippen LogP) is 4.01. The molecule has 0 saturated carbocycles. The predicted molar refractivity (Wildman–Crippen MR) is 140 cm³/mol. The zero-order chi connectivity index (χ0) is 26.4. The summed E-state index contributed by atoms with van der Waals surface area (Å²) in [5.74, 6) is -0.797. The number of nitrogens with zero attached hydrogens (tertiary/aromatic N) is 2. The molecule has 0 radical (unpaired) electrons. The van der Waals surface area contributed by atoms with E-state index in [4.69, 9.17) is 10.5 Å². The fraction of sp³-hybridized carbons (Fsp3) is 0.276. The highest BCUT2D eigenvalue weighted by Gasteiger charge is 2.38. The number of hydrogen-bond donors (Lipinski definition) is 2. The molecular weight excluding hydrogens is 470 g/mol. The highest BCUT2D eigenvalue weighted by molar-refractivity contribution is 5.99. The molecule has 0 bridgehead atoms. The molecule has 1 heterocycles. The minimum Gasteiger partial charge on any atom is -0.497 e. The number of aryl methyl sites for hydroxylation is 1. The van der Waals surface area contributed by atoms with Crippen LogP contribution in [0.3, 0.4) is 0 Å². The number of fused-ring (bicyclic) bond motifs is 1. The SMILES string of the molecule is COc1cccc(N(C(N)=O)[C@@H](CCc2ccccc2)C(=O)N2Cc3ccccc3C[C@@H]2CC(=O)O)c1. The van der Waals surface area contributed by atoms with E-state index in [1.165, 1.54) is 12.0 Å². The molecule has 0 aromatic heterocycles. The van der Waals surface area contributed by atoms with E-state index in [0.29, 0.717) is 30.7 Å². The Kier molecular flexibility index (Phi) is 8.08. The van der Waals surface area contributed by atoms with Gasteiger partial charge in [-0.1, -0.05) is 60.7 Å². The van der Waals surface area contributed by atoms with Crippen LogP contribution in [0.4, 0.5) is 10.5 Å². The summed E-state index contributed by atoms with van der Waals surface area (Å²) in [7, 11) is 1.52. The molecule has 2 atom stereocenters. The standard InChI is InChI=1S/C29H31N3O5/c1-37-25-13-7-12-23(17-25)32(29(30)36)26(15-14-20-8-3-2-4-9-20)28(35)31-19-22-11-6-5-10-21(22)16-24(31)18-27(33)34/h2-13,17,24,26H,14-16,18-19H2,1H3,(H2,30,36)(H,33,34)/t24-,26+/m1/s1. The molecule has 4 rings (SSSR count). The van der Waals surface area contributed by atoms with Gasteiger partial charge in [0.25, 0.3) is 0 Å². The molecule has 3 N–H and O–H groups in total. The summed E-state index contributed by atoms with van der Waals surface area (Å²) < 4.78 is 5.33. The van der Waals surface area contributed by atoms with Gasteiger partial charge in [0.05, 0.1) is 19.2 Å². The number of urea groups is 1. The Balaban J connectivity index is 1.73. The maximum atomic E-state index is 14.2. The van der Waals surface area contributed by atoms with Gasteiger partial charge in [-0.15, -0.1) is 0 Å².